The highest BCUT2D eigenvalue weighted by Crippen LogP contribution is 2.25. The molecule has 0 aromatic carbocycles. The Kier molecular flexibility index (Phi) is 38.3. The summed E-state index contributed by atoms with van der Waals surface area (Å²) in [6.07, 6.45) is 2.95. The van der Waals surface area contributed by atoms with Crippen molar-refractivity contribution in [2.24, 2.45) is 0 Å². The Balaban J connectivity index is -0.0000000853. The van der Waals surface area contributed by atoms with Gasteiger partial charge in [-0.2, -0.15) is 0 Å². The minimum atomic E-state index is -4.64. The van der Waals surface area contributed by atoms with E-state index in [4.69, 9.17) is 34.9 Å². The van der Waals surface area contributed by atoms with Crippen molar-refractivity contribution >= 4 is 7.82 Å². The van der Waals surface area contributed by atoms with E-state index in [1.807, 2.05) is 37.2 Å². The van der Waals surface area contributed by atoms with E-state index in [-0.39, 0.29) is 0 Å². The Morgan fingerprint density at radius 3 is 0.850 bits per heavy atom. The maximum Gasteiger partial charge on any atom is 0.466 e. The molecule has 0 aliphatic carbocycles. The van der Waals surface area contributed by atoms with Gasteiger partial charge in [-0.15, -0.1) is 0 Å². The third-order valence-corrected chi connectivity index (χ3v) is 1.09. The van der Waals surface area contributed by atoms with Crippen molar-refractivity contribution in [1.82, 2.24) is 16.4 Å². The van der Waals surface area contributed by atoms with E-state index < -0.39 is 7.82 Å². The first kappa shape index (κ1) is 28.1. The molecule has 0 heterocycles. The fraction of sp³-hybridized carbons (Fsp3) is 1.00. The summed E-state index contributed by atoms with van der Waals surface area (Å²) in [6.45, 7) is 8.05. The third kappa shape index (κ3) is 148. The number of hydrogen-bond donors (Lipinski definition) is 9. The lowest BCUT2D eigenvalue weighted by Crippen LogP contribution is -2.06. The van der Waals surface area contributed by atoms with E-state index in [2.05, 4.69) is 0 Å². The van der Waals surface area contributed by atoms with Gasteiger partial charge >= 0.3 is 7.82 Å². The molecule has 0 fully saturated rings. The van der Waals surface area contributed by atoms with Crippen LogP contribution in [0.2, 0.25) is 0 Å². The smallest absolute Gasteiger partial charge is 0.317 e. The minimum absolute atomic E-state index is 0.694. The second kappa shape index (κ2) is 27.3. The van der Waals surface area contributed by atoms with Gasteiger partial charge < -0.3 is 30.3 Å². The Bertz CT molecular complexity index is 154. The quantitative estimate of drug-likeness (QED) is 0.242. The molecule has 0 saturated carbocycles. The zero-order valence-corrected chi connectivity index (χ0v) is 13.2. The number of hydroxylamine groups is 3. The van der Waals surface area contributed by atoms with Crippen molar-refractivity contribution in [1.29, 1.82) is 0 Å². The molecule has 0 bridgehead atoms. The SMILES string of the molecule is CCCNO.CCCNO.CCCNO.O=P(O)(O)O. The molecular weight excluding hydrogens is 293 g/mol. The topological polar surface area (TPSA) is 175 Å². The monoisotopic (exact) mass is 323 g/mol. The number of hydrogen-bond acceptors (Lipinski definition) is 7. The first-order chi connectivity index (χ1) is 9.24. The summed E-state index contributed by atoms with van der Waals surface area (Å²) in [5.74, 6) is 0. The van der Waals surface area contributed by atoms with Gasteiger partial charge in [0.05, 0.1) is 0 Å². The van der Waals surface area contributed by atoms with Gasteiger partial charge in [-0.3, -0.25) is 0 Å². The predicted octanol–water partition coefficient (Wildman–Crippen LogP) is 0.197. The van der Waals surface area contributed by atoms with Crippen molar-refractivity contribution in [3.8, 4) is 0 Å². The lowest BCUT2D eigenvalue weighted by Gasteiger charge is -1.83. The second-order valence-electron chi connectivity index (χ2n) is 3.24. The summed E-state index contributed by atoms with van der Waals surface area (Å²) in [6, 6.07) is 0. The van der Waals surface area contributed by atoms with Crippen LogP contribution in [0.15, 0.2) is 0 Å². The molecular formula is C9H30N3O7P. The molecule has 0 unspecified atom stereocenters. The van der Waals surface area contributed by atoms with Gasteiger partial charge in [-0.1, -0.05) is 20.8 Å². The van der Waals surface area contributed by atoms with Crippen LogP contribution < -0.4 is 16.4 Å². The molecule has 0 spiro atoms. The fourth-order valence-corrected chi connectivity index (χ4v) is 0.335. The molecule has 9 N–H and O–H groups in total. The first-order valence-electron chi connectivity index (χ1n) is 6.14. The maximum atomic E-state index is 8.88. The summed E-state index contributed by atoms with van der Waals surface area (Å²) >= 11 is 0. The summed E-state index contributed by atoms with van der Waals surface area (Å²) in [4.78, 5) is 21.6. The van der Waals surface area contributed by atoms with Crippen molar-refractivity contribution in [3.05, 3.63) is 0 Å². The molecule has 0 atom stereocenters. The molecule has 10 nitrogen and oxygen atoms in total. The van der Waals surface area contributed by atoms with Gasteiger partial charge in [0.2, 0.25) is 0 Å². The summed E-state index contributed by atoms with van der Waals surface area (Å²) < 4.78 is 8.88. The Morgan fingerprint density at radius 2 is 0.850 bits per heavy atom. The average Bonchev–Trinajstić information content (AvgIpc) is 2.31. The highest BCUT2D eigenvalue weighted by molar-refractivity contribution is 7.45. The van der Waals surface area contributed by atoms with Crippen LogP contribution in [0, 0.1) is 0 Å². The number of nitrogens with one attached hydrogen (secondary N) is 3. The van der Waals surface area contributed by atoms with Crippen LogP contribution in [0.4, 0.5) is 0 Å². The highest BCUT2D eigenvalue weighted by Gasteiger charge is 2.00. The van der Waals surface area contributed by atoms with Crippen molar-refractivity contribution in [2.75, 3.05) is 19.6 Å². The standard InChI is InChI=1S/3C3H9NO.H3O4P/c3*1-2-3-4-5;1-5(2,3)4/h3*4-5H,2-3H2,1H3;(H3,1,2,3,4). The van der Waals surface area contributed by atoms with Crippen LogP contribution in [0.3, 0.4) is 0 Å². The van der Waals surface area contributed by atoms with E-state index >= 15 is 0 Å². The van der Waals surface area contributed by atoms with Gasteiger partial charge in [0.25, 0.3) is 0 Å². The molecule has 0 saturated heterocycles. The normalized spacial score (nSPS) is 9.25. The fourth-order valence-electron chi connectivity index (χ4n) is 0.335. The van der Waals surface area contributed by atoms with Gasteiger partial charge in [0.15, 0.2) is 0 Å². The lowest BCUT2D eigenvalue weighted by molar-refractivity contribution is 0.167. The molecule has 0 radical (unpaired) electrons. The van der Waals surface area contributed by atoms with E-state index in [9.17, 15) is 0 Å². The van der Waals surface area contributed by atoms with Crippen LogP contribution >= 0.6 is 7.82 Å². The predicted molar refractivity (Wildman–Crippen MR) is 74.5 cm³/mol. The molecule has 0 rings (SSSR count). The second-order valence-corrected chi connectivity index (χ2v) is 4.26. The van der Waals surface area contributed by atoms with E-state index in [1.54, 1.807) is 0 Å². The van der Waals surface area contributed by atoms with Gasteiger partial charge in [-0.25, -0.2) is 21.0 Å². The molecule has 0 aliphatic heterocycles. The zero-order valence-electron chi connectivity index (χ0n) is 12.3. The lowest BCUT2D eigenvalue weighted by atomic mass is 10.5. The van der Waals surface area contributed by atoms with Crippen LogP contribution in [0.25, 0.3) is 0 Å². The van der Waals surface area contributed by atoms with E-state index in [0.717, 1.165) is 19.3 Å². The van der Waals surface area contributed by atoms with Crippen molar-refractivity contribution in [2.45, 2.75) is 40.0 Å². The summed E-state index contributed by atoms with van der Waals surface area (Å²) in [7, 11) is -4.64. The number of phosphoric acid groups is 1. The Labute approximate surface area is 120 Å². The average molecular weight is 323 g/mol. The molecule has 0 amide bonds. The van der Waals surface area contributed by atoms with Crippen molar-refractivity contribution < 1.29 is 34.9 Å². The molecule has 11 heteroatoms. The molecule has 20 heavy (non-hydrogen) atoms. The molecule has 0 aromatic heterocycles. The molecule has 0 aliphatic rings. The molecule has 128 valence electrons. The van der Waals surface area contributed by atoms with Crippen LogP contribution in [-0.4, -0.2) is 49.9 Å². The summed E-state index contributed by atoms with van der Waals surface area (Å²) in [5, 5.41) is 23.4. The third-order valence-electron chi connectivity index (χ3n) is 1.09. The van der Waals surface area contributed by atoms with Crippen LogP contribution in [0.5, 0.6) is 0 Å². The highest BCUT2D eigenvalue weighted by atomic mass is 31.2. The zero-order chi connectivity index (χ0) is 16.9. The summed E-state index contributed by atoms with van der Waals surface area (Å²) in [5.41, 5.74) is 6.05. The van der Waals surface area contributed by atoms with Crippen LogP contribution in [0.1, 0.15) is 40.0 Å². The van der Waals surface area contributed by atoms with E-state index in [0.29, 0.717) is 19.6 Å². The van der Waals surface area contributed by atoms with Gasteiger partial charge in [0.1, 0.15) is 0 Å². The number of rotatable bonds is 6. The largest absolute Gasteiger partial charge is 0.466 e. The van der Waals surface area contributed by atoms with E-state index in [1.165, 1.54) is 0 Å². The first-order valence-corrected chi connectivity index (χ1v) is 7.70. The van der Waals surface area contributed by atoms with Crippen molar-refractivity contribution in [3.63, 3.8) is 0 Å². The van der Waals surface area contributed by atoms with Gasteiger partial charge in [-0.05, 0) is 19.3 Å². The minimum Gasteiger partial charge on any atom is -0.317 e. The van der Waals surface area contributed by atoms with Gasteiger partial charge in [0, 0.05) is 19.6 Å². The Hall–Kier alpha value is -0.130. The van der Waals surface area contributed by atoms with Crippen LogP contribution in [-0.2, 0) is 4.57 Å². The maximum absolute atomic E-state index is 8.88. The Morgan fingerprint density at radius 1 is 0.700 bits per heavy atom. The molecule has 0 aromatic rings.